The molecule has 0 atom stereocenters. The maximum atomic E-state index is 4.43. The van der Waals surface area contributed by atoms with Crippen molar-refractivity contribution in [3.63, 3.8) is 0 Å². The quantitative estimate of drug-likeness (QED) is 0.617. The Bertz CT molecular complexity index is 322. The molecule has 0 saturated heterocycles. The van der Waals surface area contributed by atoms with Gasteiger partial charge < -0.3 is 0 Å². The first-order valence-electron chi connectivity index (χ1n) is 3.18. The predicted octanol–water partition coefficient (Wildman–Crippen LogP) is 0.287. The van der Waals surface area contributed by atoms with E-state index in [-0.39, 0.29) is 0 Å². The Kier molecular flexibility index (Phi) is 1.66. The third kappa shape index (κ3) is 1.06. The Balaban J connectivity index is 2.88. The Morgan fingerprint density at radius 2 is 2.10 bits per heavy atom. The molecule has 0 aliphatic rings. The van der Waals surface area contributed by atoms with Crippen LogP contribution in [0.5, 0.6) is 0 Å². The molecule has 0 N–H and O–H groups in total. The molecule has 0 radical (unpaired) electrons. The van der Waals surface area contributed by atoms with Crippen molar-refractivity contribution in [3.8, 4) is 0 Å². The van der Waals surface area contributed by atoms with Gasteiger partial charge in [-0.3, -0.25) is 0 Å². The zero-order valence-corrected chi connectivity index (χ0v) is 12.2. The second kappa shape index (κ2) is 2.51. The SMILES string of the molecule is [SnH3][c]1nc2ccccc2s1. The molecule has 10 heavy (non-hydrogen) atoms. The topological polar surface area (TPSA) is 12.9 Å². The van der Waals surface area contributed by atoms with Gasteiger partial charge in [-0.1, -0.05) is 0 Å². The van der Waals surface area contributed by atoms with E-state index in [1.54, 1.807) is 0 Å². The van der Waals surface area contributed by atoms with Crippen LogP contribution in [-0.2, 0) is 0 Å². The van der Waals surface area contributed by atoms with Crippen molar-refractivity contribution in [2.45, 2.75) is 0 Å². The van der Waals surface area contributed by atoms with E-state index in [0.29, 0.717) is 22.5 Å². The molecule has 1 heterocycles. The van der Waals surface area contributed by atoms with Crippen LogP contribution in [0.4, 0.5) is 0 Å². The van der Waals surface area contributed by atoms with Crippen molar-refractivity contribution < 1.29 is 0 Å². The average Bonchev–Trinajstić information content (AvgIpc) is 2.27. The minimum atomic E-state index is 0.577. The number of thiazole rings is 1. The van der Waals surface area contributed by atoms with Gasteiger partial charge in [0.1, 0.15) is 0 Å². The van der Waals surface area contributed by atoms with Crippen LogP contribution in [0.3, 0.4) is 0 Å². The van der Waals surface area contributed by atoms with Crippen molar-refractivity contribution >= 4 is 47.1 Å². The predicted molar refractivity (Wildman–Crippen MR) is 49.2 cm³/mol. The number of hydrogen-bond acceptors (Lipinski definition) is 2. The van der Waals surface area contributed by atoms with Crippen molar-refractivity contribution in [1.82, 2.24) is 4.98 Å². The molecule has 0 amide bonds. The maximum absolute atomic E-state index is 4.43. The fourth-order valence-corrected chi connectivity index (χ4v) is 4.39. The number of para-hydroxylation sites is 1. The average molecular weight is 256 g/mol. The zero-order chi connectivity index (χ0) is 6.97. The molecule has 0 unspecified atom stereocenters. The van der Waals surface area contributed by atoms with Gasteiger partial charge in [-0.2, -0.15) is 0 Å². The van der Waals surface area contributed by atoms with E-state index in [4.69, 9.17) is 0 Å². The Morgan fingerprint density at radius 3 is 2.90 bits per heavy atom. The molecule has 0 bridgehead atoms. The summed E-state index contributed by atoms with van der Waals surface area (Å²) in [5, 5.41) is 0. The number of rotatable bonds is 0. The van der Waals surface area contributed by atoms with Gasteiger partial charge in [0, 0.05) is 0 Å². The van der Waals surface area contributed by atoms with Crippen LogP contribution < -0.4 is 3.02 Å². The Hall–Kier alpha value is -0.0913. The molecule has 2 rings (SSSR count). The summed E-state index contributed by atoms with van der Waals surface area (Å²) >= 11 is 2.41. The molecular weight excluding hydrogens is 249 g/mol. The number of fused-ring (bicyclic) bond motifs is 1. The van der Waals surface area contributed by atoms with Crippen molar-refractivity contribution in [2.75, 3.05) is 0 Å². The monoisotopic (exact) mass is 257 g/mol. The van der Waals surface area contributed by atoms with Gasteiger partial charge in [0.05, 0.1) is 0 Å². The van der Waals surface area contributed by atoms with E-state index in [9.17, 15) is 0 Å². The van der Waals surface area contributed by atoms with Crippen LogP contribution in [0, 0.1) is 0 Å². The summed E-state index contributed by atoms with van der Waals surface area (Å²) in [4.78, 5) is 4.43. The molecule has 2 aromatic rings. The van der Waals surface area contributed by atoms with Crippen LogP contribution in [0.1, 0.15) is 0 Å². The summed E-state index contributed by atoms with van der Waals surface area (Å²) in [5.74, 6) is 0. The van der Waals surface area contributed by atoms with E-state index in [1.807, 2.05) is 17.4 Å². The zero-order valence-electron chi connectivity index (χ0n) is 5.66. The Morgan fingerprint density at radius 1 is 1.30 bits per heavy atom. The van der Waals surface area contributed by atoms with Gasteiger partial charge in [-0.25, -0.2) is 0 Å². The van der Waals surface area contributed by atoms with Crippen molar-refractivity contribution in [3.05, 3.63) is 24.3 Å². The number of aromatic nitrogens is 1. The molecule has 0 aliphatic heterocycles. The van der Waals surface area contributed by atoms with Crippen LogP contribution in [0.15, 0.2) is 24.3 Å². The summed E-state index contributed by atoms with van der Waals surface area (Å²) in [5.41, 5.74) is 1.17. The van der Waals surface area contributed by atoms with Crippen LogP contribution in [0.25, 0.3) is 10.2 Å². The standard InChI is InChI=1S/C7H4NS.Sn.3H/c1-2-4-7-6(3-1)8-5-9-7;;;;/h1-4H;;;;. The number of benzene rings is 1. The van der Waals surface area contributed by atoms with E-state index >= 15 is 0 Å². The molecule has 3 heteroatoms. The van der Waals surface area contributed by atoms with Crippen LogP contribution in [0.2, 0.25) is 0 Å². The molecule has 0 saturated carbocycles. The first kappa shape index (κ1) is 6.61. The summed E-state index contributed by atoms with van der Waals surface area (Å²) in [6, 6.07) is 8.31. The van der Waals surface area contributed by atoms with Gasteiger partial charge in [0.2, 0.25) is 0 Å². The van der Waals surface area contributed by atoms with Gasteiger partial charge in [-0.05, 0) is 0 Å². The first-order chi connectivity index (χ1) is 4.86. The van der Waals surface area contributed by atoms with E-state index in [0.717, 1.165) is 0 Å². The fraction of sp³-hybridized carbons (Fsp3) is 0. The van der Waals surface area contributed by atoms with Gasteiger partial charge in [0.15, 0.2) is 0 Å². The number of nitrogens with zero attached hydrogens (tertiary/aromatic N) is 1. The summed E-state index contributed by atoms with van der Waals surface area (Å²) < 4.78 is 2.68. The molecule has 1 nitrogen and oxygen atoms in total. The Labute approximate surface area is 76.2 Å². The molecule has 0 fully saturated rings. The normalized spacial score (nSPS) is 10.8. The molecule has 0 aliphatic carbocycles. The third-order valence-electron chi connectivity index (χ3n) is 1.40. The van der Waals surface area contributed by atoms with Gasteiger partial charge >= 0.3 is 76.4 Å². The van der Waals surface area contributed by atoms with E-state index in [2.05, 4.69) is 23.2 Å². The van der Waals surface area contributed by atoms with E-state index in [1.165, 1.54) is 13.2 Å². The van der Waals surface area contributed by atoms with E-state index < -0.39 is 0 Å². The third-order valence-corrected chi connectivity index (χ3v) is 4.74. The van der Waals surface area contributed by atoms with Crippen LogP contribution in [-0.4, -0.2) is 27.5 Å². The number of hydrogen-bond donors (Lipinski definition) is 0. The molecule has 0 spiro atoms. The molecule has 1 aromatic heterocycles. The van der Waals surface area contributed by atoms with Crippen molar-refractivity contribution in [1.29, 1.82) is 0 Å². The van der Waals surface area contributed by atoms with Gasteiger partial charge in [-0.15, -0.1) is 0 Å². The second-order valence-corrected chi connectivity index (χ2v) is 8.21. The summed E-state index contributed by atoms with van der Waals surface area (Å²) in [7, 11) is 0. The van der Waals surface area contributed by atoms with Gasteiger partial charge in [0.25, 0.3) is 0 Å². The summed E-state index contributed by atoms with van der Waals surface area (Å²) in [6.07, 6.45) is 0. The van der Waals surface area contributed by atoms with Crippen LogP contribution >= 0.6 is 11.3 Å². The first-order valence-corrected chi connectivity index (χ1v) is 6.85. The summed E-state index contributed by atoms with van der Waals surface area (Å²) in [6.45, 7) is 0. The molecule has 50 valence electrons. The molecule has 1 aromatic carbocycles. The molecular formula is C7H7NSSn. The second-order valence-electron chi connectivity index (χ2n) is 2.20. The van der Waals surface area contributed by atoms with Crippen molar-refractivity contribution in [2.24, 2.45) is 0 Å². The minimum absolute atomic E-state index is 0.577. The fourth-order valence-electron chi connectivity index (χ4n) is 0.987.